The molecule has 2 heteroatoms. The first-order chi connectivity index (χ1) is 8.31. The number of benzene rings is 1. The maximum atomic E-state index is 4.74. The Kier molecular flexibility index (Phi) is 2.71. The van der Waals surface area contributed by atoms with Gasteiger partial charge in [-0.05, 0) is 17.9 Å². The quantitative estimate of drug-likeness (QED) is 0.769. The Bertz CT molecular complexity index is 499. The molecule has 1 aromatic heterocycles. The van der Waals surface area contributed by atoms with E-state index < -0.39 is 0 Å². The van der Waals surface area contributed by atoms with Crippen LogP contribution in [0.5, 0.6) is 0 Å². The van der Waals surface area contributed by atoms with Crippen LogP contribution >= 0.6 is 0 Å². The fraction of sp³-hybridized carbons (Fsp3) is 0.400. The molecule has 3 rings (SSSR count). The van der Waals surface area contributed by atoms with Crippen molar-refractivity contribution in [2.45, 2.75) is 32.7 Å². The summed E-state index contributed by atoms with van der Waals surface area (Å²) < 4.78 is 2.34. The molecule has 1 aromatic carbocycles. The average Bonchev–Trinajstić information content (AvgIpc) is 2.71. The largest absolute Gasteiger partial charge is 0.334 e. The molecule has 0 N–H and O–H groups in total. The monoisotopic (exact) mass is 226 g/mol. The molecule has 88 valence electrons. The van der Waals surface area contributed by atoms with Gasteiger partial charge in [0.15, 0.2) is 0 Å². The Hall–Kier alpha value is -1.57. The third-order valence-electron chi connectivity index (χ3n) is 3.51. The van der Waals surface area contributed by atoms with Gasteiger partial charge in [-0.2, -0.15) is 0 Å². The van der Waals surface area contributed by atoms with Crippen LogP contribution in [0, 0.1) is 5.92 Å². The Morgan fingerprint density at radius 2 is 2.12 bits per heavy atom. The molecule has 0 spiro atoms. The fourth-order valence-corrected chi connectivity index (χ4v) is 2.56. The maximum absolute atomic E-state index is 4.74. The standard InChI is InChI=1S/C15H18N2/c1-12-7-8-15-16-14(11-17(15)10-12)9-13-5-3-2-4-6-13/h2-6,11-12H,7-10H2,1H3. The fourth-order valence-electron chi connectivity index (χ4n) is 2.56. The van der Waals surface area contributed by atoms with Gasteiger partial charge in [0, 0.05) is 25.6 Å². The van der Waals surface area contributed by atoms with E-state index in [-0.39, 0.29) is 0 Å². The van der Waals surface area contributed by atoms with Crippen molar-refractivity contribution in [1.29, 1.82) is 0 Å². The summed E-state index contributed by atoms with van der Waals surface area (Å²) in [5, 5.41) is 0. The molecule has 2 aromatic rings. The van der Waals surface area contributed by atoms with Gasteiger partial charge in [-0.1, -0.05) is 37.3 Å². The second-order valence-electron chi connectivity index (χ2n) is 5.11. The average molecular weight is 226 g/mol. The molecule has 0 saturated carbocycles. The van der Waals surface area contributed by atoms with Gasteiger partial charge < -0.3 is 4.57 Å². The lowest BCUT2D eigenvalue weighted by Gasteiger charge is -2.19. The molecule has 0 radical (unpaired) electrons. The SMILES string of the molecule is CC1CCc2nc(Cc3ccccc3)cn2C1. The predicted octanol–water partition coefficient (Wildman–Crippen LogP) is 3.06. The van der Waals surface area contributed by atoms with Gasteiger partial charge in [0.1, 0.15) is 5.82 Å². The minimum atomic E-state index is 0.793. The third-order valence-corrected chi connectivity index (χ3v) is 3.51. The highest BCUT2D eigenvalue weighted by Crippen LogP contribution is 2.20. The number of aryl methyl sites for hydroxylation is 1. The number of rotatable bonds is 2. The lowest BCUT2D eigenvalue weighted by molar-refractivity contribution is 0.394. The number of hydrogen-bond acceptors (Lipinski definition) is 1. The zero-order valence-electron chi connectivity index (χ0n) is 10.3. The molecule has 2 nitrogen and oxygen atoms in total. The maximum Gasteiger partial charge on any atom is 0.108 e. The number of nitrogens with zero attached hydrogens (tertiary/aromatic N) is 2. The first-order valence-corrected chi connectivity index (χ1v) is 6.40. The summed E-state index contributed by atoms with van der Waals surface area (Å²) >= 11 is 0. The van der Waals surface area contributed by atoms with Gasteiger partial charge in [-0.15, -0.1) is 0 Å². The van der Waals surface area contributed by atoms with E-state index in [1.54, 1.807) is 0 Å². The van der Waals surface area contributed by atoms with E-state index in [0.29, 0.717) is 0 Å². The molecule has 1 aliphatic rings. The van der Waals surface area contributed by atoms with E-state index in [4.69, 9.17) is 4.98 Å². The highest BCUT2D eigenvalue weighted by molar-refractivity contribution is 5.21. The van der Waals surface area contributed by atoms with Crippen LogP contribution in [0.15, 0.2) is 36.5 Å². The zero-order chi connectivity index (χ0) is 11.7. The van der Waals surface area contributed by atoms with Gasteiger partial charge in [0.25, 0.3) is 0 Å². The predicted molar refractivity (Wildman–Crippen MR) is 69.0 cm³/mol. The van der Waals surface area contributed by atoms with Crippen molar-refractivity contribution in [2.24, 2.45) is 5.92 Å². The molecule has 17 heavy (non-hydrogen) atoms. The molecule has 1 atom stereocenters. The molecule has 0 saturated heterocycles. The summed E-state index contributed by atoms with van der Waals surface area (Å²) in [5.41, 5.74) is 2.55. The minimum Gasteiger partial charge on any atom is -0.334 e. The molecule has 0 amide bonds. The van der Waals surface area contributed by atoms with Crippen LogP contribution < -0.4 is 0 Å². The Labute approximate surface area is 102 Å². The first-order valence-electron chi connectivity index (χ1n) is 6.40. The van der Waals surface area contributed by atoms with Crippen molar-refractivity contribution in [1.82, 2.24) is 9.55 Å². The Morgan fingerprint density at radius 1 is 1.29 bits per heavy atom. The lowest BCUT2D eigenvalue weighted by Crippen LogP contribution is -2.17. The van der Waals surface area contributed by atoms with Gasteiger partial charge in [-0.25, -0.2) is 4.98 Å². The van der Waals surface area contributed by atoms with Crippen LogP contribution in [-0.4, -0.2) is 9.55 Å². The van der Waals surface area contributed by atoms with E-state index in [2.05, 4.69) is 48.0 Å². The lowest BCUT2D eigenvalue weighted by atomic mass is 10.0. The zero-order valence-corrected chi connectivity index (χ0v) is 10.3. The van der Waals surface area contributed by atoms with Crippen molar-refractivity contribution < 1.29 is 0 Å². The van der Waals surface area contributed by atoms with Gasteiger partial charge >= 0.3 is 0 Å². The van der Waals surface area contributed by atoms with Crippen LogP contribution in [0.3, 0.4) is 0 Å². The molecular formula is C15H18N2. The highest BCUT2D eigenvalue weighted by Gasteiger charge is 2.16. The number of aromatic nitrogens is 2. The number of fused-ring (bicyclic) bond motifs is 1. The molecule has 0 bridgehead atoms. The summed E-state index contributed by atoms with van der Waals surface area (Å²) in [6.07, 6.45) is 5.60. The van der Waals surface area contributed by atoms with Crippen LogP contribution in [0.25, 0.3) is 0 Å². The highest BCUT2D eigenvalue weighted by atomic mass is 15.1. The molecule has 1 aliphatic heterocycles. The normalized spacial score (nSPS) is 19.0. The summed E-state index contributed by atoms with van der Waals surface area (Å²) in [7, 11) is 0. The molecular weight excluding hydrogens is 208 g/mol. The second kappa shape index (κ2) is 4.36. The molecule has 0 aliphatic carbocycles. The van der Waals surface area contributed by atoms with E-state index in [9.17, 15) is 0 Å². The van der Waals surface area contributed by atoms with E-state index in [1.807, 2.05) is 0 Å². The second-order valence-corrected chi connectivity index (χ2v) is 5.11. The molecule has 2 heterocycles. The van der Waals surface area contributed by atoms with Gasteiger partial charge in [0.05, 0.1) is 5.69 Å². The smallest absolute Gasteiger partial charge is 0.108 e. The van der Waals surface area contributed by atoms with Crippen LogP contribution in [0.2, 0.25) is 0 Å². The Balaban J connectivity index is 1.81. The van der Waals surface area contributed by atoms with Crippen LogP contribution in [-0.2, 0) is 19.4 Å². The van der Waals surface area contributed by atoms with Crippen molar-refractivity contribution in [3.8, 4) is 0 Å². The summed E-state index contributed by atoms with van der Waals surface area (Å²) in [6.45, 7) is 3.46. The van der Waals surface area contributed by atoms with Crippen molar-refractivity contribution in [2.75, 3.05) is 0 Å². The van der Waals surface area contributed by atoms with E-state index in [0.717, 1.165) is 25.3 Å². The Morgan fingerprint density at radius 3 is 2.94 bits per heavy atom. The van der Waals surface area contributed by atoms with Crippen LogP contribution in [0.1, 0.15) is 30.4 Å². The summed E-state index contributed by atoms with van der Waals surface area (Å²) in [6, 6.07) is 10.6. The summed E-state index contributed by atoms with van der Waals surface area (Å²) in [5.74, 6) is 2.07. The third kappa shape index (κ3) is 2.26. The topological polar surface area (TPSA) is 17.8 Å². The minimum absolute atomic E-state index is 0.793. The first kappa shape index (κ1) is 10.6. The van der Waals surface area contributed by atoms with Gasteiger partial charge in [-0.3, -0.25) is 0 Å². The van der Waals surface area contributed by atoms with E-state index >= 15 is 0 Å². The van der Waals surface area contributed by atoms with Gasteiger partial charge in [0.2, 0.25) is 0 Å². The molecule has 0 fully saturated rings. The summed E-state index contributed by atoms with van der Waals surface area (Å²) in [4.78, 5) is 4.74. The van der Waals surface area contributed by atoms with Crippen molar-refractivity contribution >= 4 is 0 Å². The number of hydrogen-bond donors (Lipinski definition) is 0. The van der Waals surface area contributed by atoms with Crippen molar-refractivity contribution in [3.05, 3.63) is 53.6 Å². The van der Waals surface area contributed by atoms with Crippen LogP contribution in [0.4, 0.5) is 0 Å². The van der Waals surface area contributed by atoms with Crippen molar-refractivity contribution in [3.63, 3.8) is 0 Å². The number of imidazole rings is 1. The molecule has 1 unspecified atom stereocenters. The van der Waals surface area contributed by atoms with E-state index in [1.165, 1.54) is 23.5 Å².